The van der Waals surface area contributed by atoms with Crippen molar-refractivity contribution in [3.8, 4) is 0 Å². The lowest BCUT2D eigenvalue weighted by atomic mass is 10.1. The molecule has 0 bridgehead atoms. The van der Waals surface area contributed by atoms with Crippen molar-refractivity contribution in [1.29, 1.82) is 0 Å². The van der Waals surface area contributed by atoms with Crippen molar-refractivity contribution in [2.45, 2.75) is 25.8 Å². The van der Waals surface area contributed by atoms with Crippen molar-refractivity contribution in [3.05, 3.63) is 54.7 Å². The number of benzene rings is 2. The highest BCUT2D eigenvalue weighted by molar-refractivity contribution is 9.26. The van der Waals surface area contributed by atoms with Crippen LogP contribution in [0.2, 0.25) is 6.04 Å². The Morgan fingerprint density at radius 1 is 1.17 bits per heavy atom. The van der Waals surface area contributed by atoms with E-state index in [0.29, 0.717) is 0 Å². The summed E-state index contributed by atoms with van der Waals surface area (Å²) in [7, 11) is 0. The Morgan fingerprint density at radius 2 is 1.89 bits per heavy atom. The van der Waals surface area contributed by atoms with Crippen molar-refractivity contribution in [1.82, 2.24) is 0 Å². The van der Waals surface area contributed by atoms with Crippen LogP contribution in [0.3, 0.4) is 0 Å². The Labute approximate surface area is 118 Å². The topological polar surface area (TPSA) is 0 Å². The summed E-state index contributed by atoms with van der Waals surface area (Å²) in [4.78, 5) is 0. The highest BCUT2D eigenvalue weighted by Crippen LogP contribution is 2.25. The van der Waals surface area contributed by atoms with Gasteiger partial charge in [-0.3, -0.25) is 0 Å². The Morgan fingerprint density at radius 3 is 2.61 bits per heavy atom. The molecule has 0 radical (unpaired) electrons. The number of unbranched alkanes of at least 4 members (excludes halogenated alkanes) is 1. The third-order valence-corrected chi connectivity index (χ3v) is 9.96. The van der Waals surface area contributed by atoms with E-state index in [4.69, 9.17) is 0 Å². The Kier molecular flexibility index (Phi) is 4.41. The van der Waals surface area contributed by atoms with Crippen LogP contribution in [-0.4, -0.2) is 6.69 Å². The van der Waals surface area contributed by atoms with Crippen LogP contribution in [0.25, 0.3) is 10.8 Å². The van der Waals surface area contributed by atoms with E-state index in [1.54, 1.807) is 0 Å². The second-order valence-electron chi connectivity index (χ2n) is 4.70. The summed E-state index contributed by atoms with van der Waals surface area (Å²) in [5.74, 6) is 0. The lowest BCUT2D eigenvalue weighted by molar-refractivity contribution is 0.877. The molecule has 0 spiro atoms. The smallest absolute Gasteiger partial charge is 0.115 e. The van der Waals surface area contributed by atoms with Crippen LogP contribution in [0.1, 0.15) is 19.8 Å². The second kappa shape index (κ2) is 5.85. The third kappa shape index (κ3) is 2.60. The molecule has 0 saturated heterocycles. The van der Waals surface area contributed by atoms with Crippen molar-refractivity contribution < 1.29 is 0 Å². The van der Waals surface area contributed by atoms with E-state index in [1.807, 2.05) is 0 Å². The van der Waals surface area contributed by atoms with Crippen molar-refractivity contribution >= 4 is 37.9 Å². The predicted molar refractivity (Wildman–Crippen MR) is 88.2 cm³/mol. The molecule has 0 heterocycles. The number of halogens is 1. The zero-order valence-electron chi connectivity index (χ0n) is 10.8. The highest BCUT2D eigenvalue weighted by atomic mass is 79.9. The lowest BCUT2D eigenvalue weighted by Gasteiger charge is -2.23. The molecule has 0 aromatic heterocycles. The van der Waals surface area contributed by atoms with Gasteiger partial charge in [0, 0.05) is 0 Å². The molecule has 2 heteroatoms. The van der Waals surface area contributed by atoms with Gasteiger partial charge in [-0.1, -0.05) is 67.9 Å². The average molecular weight is 319 g/mol. The normalized spacial score (nSPS) is 14.3. The van der Waals surface area contributed by atoms with Crippen molar-refractivity contribution in [2.75, 3.05) is 0 Å². The Balaban J connectivity index is 2.54. The summed E-state index contributed by atoms with van der Waals surface area (Å²) < 4.78 is 0. The first-order valence-corrected chi connectivity index (χ1v) is 11.1. The second-order valence-corrected chi connectivity index (χ2v) is 12.1. The Hall–Kier alpha value is -0.863. The van der Waals surface area contributed by atoms with Crippen molar-refractivity contribution in [3.63, 3.8) is 0 Å². The summed E-state index contributed by atoms with van der Waals surface area (Å²) in [6.45, 7) is 4.62. The minimum Gasteiger partial charge on any atom is -0.115 e. The fourth-order valence-corrected chi connectivity index (χ4v) is 6.86. The fourth-order valence-electron chi connectivity index (χ4n) is 2.37. The maximum atomic E-state index is 4.08. The van der Waals surface area contributed by atoms with Gasteiger partial charge < -0.3 is 0 Å². The molecule has 0 N–H and O–H groups in total. The summed E-state index contributed by atoms with van der Waals surface area (Å²) in [6, 6.07) is 16.5. The summed E-state index contributed by atoms with van der Waals surface area (Å²) in [5.41, 5.74) is 2.17. The van der Waals surface area contributed by atoms with E-state index in [2.05, 4.69) is 77.0 Å². The van der Waals surface area contributed by atoms with Crippen LogP contribution >= 0.6 is 15.3 Å². The molecule has 0 fully saturated rings. The molecule has 2 rings (SSSR count). The van der Waals surface area contributed by atoms with Crippen LogP contribution in [-0.2, 0) is 0 Å². The third-order valence-electron chi connectivity index (χ3n) is 3.46. The molecule has 0 saturated carbocycles. The summed E-state index contributed by atoms with van der Waals surface area (Å²) >= 11 is 4.04. The largest absolute Gasteiger partial charge is 0.183 e. The Bertz CT molecular complexity index is 544. The molecule has 94 valence electrons. The zero-order valence-corrected chi connectivity index (χ0v) is 13.4. The molecule has 0 aliphatic rings. The lowest BCUT2D eigenvalue weighted by Crippen LogP contribution is -2.40. The van der Waals surface area contributed by atoms with Crippen LogP contribution in [0, 0.1) is 0 Å². The minimum atomic E-state index is -1.71. The molecular formula is C16H19BrSi. The van der Waals surface area contributed by atoms with E-state index < -0.39 is 6.69 Å². The van der Waals surface area contributed by atoms with Crippen molar-refractivity contribution in [2.24, 2.45) is 0 Å². The maximum absolute atomic E-state index is 4.08. The molecule has 1 unspecified atom stereocenters. The van der Waals surface area contributed by atoms with E-state index in [9.17, 15) is 0 Å². The number of hydrogen-bond donors (Lipinski definition) is 0. The molecule has 0 nitrogen and oxygen atoms in total. The van der Waals surface area contributed by atoms with E-state index >= 15 is 0 Å². The first kappa shape index (κ1) is 13.6. The maximum Gasteiger partial charge on any atom is 0.183 e. The SMILES string of the molecule is C=C[Si](Br)(CCCC)c1cccc2ccccc12. The first-order chi connectivity index (χ1) is 8.71. The number of hydrogen-bond acceptors (Lipinski definition) is 0. The molecule has 1 atom stereocenters. The highest BCUT2D eigenvalue weighted by Gasteiger charge is 2.29. The van der Waals surface area contributed by atoms with E-state index in [-0.39, 0.29) is 0 Å². The fraction of sp³-hybridized carbons (Fsp3) is 0.250. The monoisotopic (exact) mass is 318 g/mol. The van der Waals surface area contributed by atoms with Gasteiger partial charge in [0.2, 0.25) is 0 Å². The van der Waals surface area contributed by atoms with Crippen LogP contribution < -0.4 is 5.19 Å². The molecule has 0 aliphatic heterocycles. The van der Waals surface area contributed by atoms with Gasteiger partial charge >= 0.3 is 0 Å². The van der Waals surface area contributed by atoms with Gasteiger partial charge in [0.1, 0.15) is 0 Å². The van der Waals surface area contributed by atoms with Gasteiger partial charge in [-0.05, 0) is 22.0 Å². The summed E-state index contributed by atoms with van der Waals surface area (Å²) in [5, 5.41) is 4.16. The molecular weight excluding hydrogens is 300 g/mol. The van der Waals surface area contributed by atoms with Gasteiger partial charge in [0.25, 0.3) is 0 Å². The summed E-state index contributed by atoms with van der Waals surface area (Å²) in [6.07, 6.45) is 2.49. The predicted octanol–water partition coefficient (Wildman–Crippen LogP) is 4.91. The van der Waals surface area contributed by atoms with Crippen LogP contribution in [0.15, 0.2) is 54.7 Å². The molecule has 2 aromatic rings. The van der Waals surface area contributed by atoms with E-state index in [1.165, 1.54) is 34.8 Å². The molecule has 0 amide bonds. The van der Waals surface area contributed by atoms with Gasteiger partial charge in [-0.15, -0.1) is 21.9 Å². The molecule has 0 aliphatic carbocycles. The molecule has 2 aromatic carbocycles. The van der Waals surface area contributed by atoms with E-state index in [0.717, 1.165) is 0 Å². The van der Waals surface area contributed by atoms with Crippen LogP contribution in [0.5, 0.6) is 0 Å². The minimum absolute atomic E-state index is 1.22. The number of rotatable bonds is 5. The zero-order chi connectivity index (χ0) is 13.0. The standard InChI is InChI=1S/C16H19BrSi/c1-3-5-13-18(17,4-2)16-12-8-10-14-9-6-7-11-15(14)16/h4,6-12H,2-3,5,13H2,1H3. The van der Waals surface area contributed by atoms with Gasteiger partial charge in [-0.2, -0.15) is 0 Å². The quantitative estimate of drug-likeness (QED) is 0.542. The van der Waals surface area contributed by atoms with Crippen LogP contribution in [0.4, 0.5) is 0 Å². The van der Waals surface area contributed by atoms with Gasteiger partial charge in [-0.25, -0.2) is 0 Å². The van der Waals surface area contributed by atoms with Gasteiger partial charge in [0.05, 0.1) is 0 Å². The first-order valence-electron chi connectivity index (χ1n) is 6.52. The number of fused-ring (bicyclic) bond motifs is 1. The molecule has 18 heavy (non-hydrogen) atoms. The van der Waals surface area contributed by atoms with Gasteiger partial charge in [0.15, 0.2) is 6.69 Å². The average Bonchev–Trinajstić information content (AvgIpc) is 2.44.